The summed E-state index contributed by atoms with van der Waals surface area (Å²) in [5.74, 6) is 0.405. The van der Waals surface area contributed by atoms with Crippen molar-refractivity contribution in [2.75, 3.05) is 47.9 Å². The van der Waals surface area contributed by atoms with Gasteiger partial charge in [-0.05, 0) is 47.3 Å². The number of hydrogen-bond donors (Lipinski definition) is 1. The van der Waals surface area contributed by atoms with Gasteiger partial charge >= 0.3 is 5.97 Å². The Balaban J connectivity index is 4.84. The molecule has 0 aliphatic carbocycles. The summed E-state index contributed by atoms with van der Waals surface area (Å²) in [6.45, 7) is 11.6. The first-order valence-corrected chi connectivity index (χ1v) is 7.82. The Morgan fingerprint density at radius 3 is 2.19 bits per heavy atom. The standard InChI is InChI=1S/C16H35N3O2/c1-13(2)12-19(10-9-18(6)7)14(3)11-16(4,17-5)15(20)21-8/h13-14,17H,9-12H2,1-8H3. The number of esters is 1. The molecule has 0 aliphatic rings. The van der Waals surface area contributed by atoms with E-state index in [0.29, 0.717) is 12.0 Å². The van der Waals surface area contributed by atoms with E-state index in [9.17, 15) is 4.79 Å². The molecule has 2 atom stereocenters. The van der Waals surface area contributed by atoms with E-state index in [1.165, 1.54) is 7.11 Å². The van der Waals surface area contributed by atoms with E-state index in [0.717, 1.165) is 26.1 Å². The number of rotatable bonds is 10. The third kappa shape index (κ3) is 7.25. The molecule has 0 bridgehead atoms. The smallest absolute Gasteiger partial charge is 0.325 e. The molecular formula is C16H35N3O2. The largest absolute Gasteiger partial charge is 0.468 e. The maximum Gasteiger partial charge on any atom is 0.325 e. The zero-order valence-corrected chi connectivity index (χ0v) is 15.2. The summed E-state index contributed by atoms with van der Waals surface area (Å²) < 4.78 is 4.94. The van der Waals surface area contributed by atoms with E-state index in [1.807, 2.05) is 14.0 Å². The van der Waals surface area contributed by atoms with Crippen LogP contribution in [0.25, 0.3) is 0 Å². The third-order valence-corrected chi connectivity index (χ3v) is 3.95. The number of nitrogens with zero attached hydrogens (tertiary/aromatic N) is 2. The SMILES string of the molecule is CNC(C)(CC(C)N(CCN(C)C)CC(C)C)C(=O)OC. The van der Waals surface area contributed by atoms with Gasteiger partial charge in [-0.15, -0.1) is 0 Å². The summed E-state index contributed by atoms with van der Waals surface area (Å²) in [5, 5.41) is 3.12. The molecule has 21 heavy (non-hydrogen) atoms. The molecule has 0 aromatic rings. The van der Waals surface area contributed by atoms with Crippen LogP contribution >= 0.6 is 0 Å². The number of carbonyl (C=O) groups excluding carboxylic acids is 1. The molecule has 5 heteroatoms. The van der Waals surface area contributed by atoms with Crippen LogP contribution in [0.5, 0.6) is 0 Å². The van der Waals surface area contributed by atoms with Gasteiger partial charge in [-0.3, -0.25) is 9.69 Å². The van der Waals surface area contributed by atoms with Gasteiger partial charge in [-0.2, -0.15) is 0 Å². The fourth-order valence-corrected chi connectivity index (χ4v) is 2.52. The van der Waals surface area contributed by atoms with E-state index in [-0.39, 0.29) is 5.97 Å². The van der Waals surface area contributed by atoms with Gasteiger partial charge in [0.1, 0.15) is 5.54 Å². The van der Waals surface area contributed by atoms with Crippen LogP contribution in [0, 0.1) is 5.92 Å². The fourth-order valence-electron chi connectivity index (χ4n) is 2.52. The molecule has 2 unspecified atom stereocenters. The molecular weight excluding hydrogens is 266 g/mol. The lowest BCUT2D eigenvalue weighted by atomic mass is 9.92. The van der Waals surface area contributed by atoms with Crippen LogP contribution in [-0.4, -0.2) is 75.2 Å². The van der Waals surface area contributed by atoms with Gasteiger partial charge < -0.3 is 15.0 Å². The molecule has 0 fully saturated rings. The second-order valence-corrected chi connectivity index (χ2v) is 6.82. The quantitative estimate of drug-likeness (QED) is 0.619. The van der Waals surface area contributed by atoms with Crippen molar-refractivity contribution in [3.05, 3.63) is 0 Å². The van der Waals surface area contributed by atoms with Gasteiger partial charge in [0.05, 0.1) is 7.11 Å². The molecule has 0 amide bonds. The van der Waals surface area contributed by atoms with Crippen LogP contribution < -0.4 is 5.32 Å². The second-order valence-electron chi connectivity index (χ2n) is 6.82. The van der Waals surface area contributed by atoms with Crippen molar-refractivity contribution < 1.29 is 9.53 Å². The van der Waals surface area contributed by atoms with Crippen LogP contribution in [0.2, 0.25) is 0 Å². The van der Waals surface area contributed by atoms with Crippen molar-refractivity contribution in [3.63, 3.8) is 0 Å². The molecule has 0 saturated carbocycles. The lowest BCUT2D eigenvalue weighted by Gasteiger charge is -2.36. The van der Waals surface area contributed by atoms with E-state index < -0.39 is 5.54 Å². The minimum atomic E-state index is -0.637. The number of methoxy groups -OCH3 is 1. The van der Waals surface area contributed by atoms with Gasteiger partial charge in [-0.25, -0.2) is 0 Å². The highest BCUT2D eigenvalue weighted by atomic mass is 16.5. The first-order valence-electron chi connectivity index (χ1n) is 7.82. The molecule has 0 aromatic carbocycles. The second kappa shape index (κ2) is 9.38. The summed E-state index contributed by atoms with van der Waals surface area (Å²) in [4.78, 5) is 16.7. The maximum absolute atomic E-state index is 12.0. The lowest BCUT2D eigenvalue weighted by molar-refractivity contribution is -0.148. The molecule has 0 heterocycles. The number of ether oxygens (including phenoxy) is 1. The van der Waals surface area contributed by atoms with Gasteiger partial charge in [0.25, 0.3) is 0 Å². The highest BCUT2D eigenvalue weighted by Gasteiger charge is 2.35. The minimum absolute atomic E-state index is 0.200. The Bertz CT molecular complexity index is 308. The summed E-state index contributed by atoms with van der Waals surface area (Å²) in [6, 6.07) is 0.309. The minimum Gasteiger partial charge on any atom is -0.468 e. The highest BCUT2D eigenvalue weighted by Crippen LogP contribution is 2.18. The Morgan fingerprint density at radius 2 is 1.81 bits per heavy atom. The Kier molecular flexibility index (Phi) is 9.09. The predicted octanol–water partition coefficient (Wildman–Crippen LogP) is 1.44. The Hall–Kier alpha value is -0.650. The monoisotopic (exact) mass is 301 g/mol. The summed E-state index contributed by atoms with van der Waals surface area (Å²) in [6.07, 6.45) is 0.732. The molecule has 0 saturated heterocycles. The first-order chi connectivity index (χ1) is 9.66. The topological polar surface area (TPSA) is 44.8 Å². The first kappa shape index (κ1) is 20.3. The number of likely N-dealkylation sites (N-methyl/N-ethyl adjacent to an activating group) is 2. The number of hydrogen-bond acceptors (Lipinski definition) is 5. The molecule has 1 N–H and O–H groups in total. The van der Waals surface area contributed by atoms with Crippen LogP contribution in [-0.2, 0) is 9.53 Å². The van der Waals surface area contributed by atoms with Crippen molar-refractivity contribution in [1.82, 2.24) is 15.1 Å². The van der Waals surface area contributed by atoms with E-state index in [4.69, 9.17) is 4.74 Å². The fraction of sp³-hybridized carbons (Fsp3) is 0.938. The Labute approximate surface area is 131 Å². The zero-order chi connectivity index (χ0) is 16.6. The van der Waals surface area contributed by atoms with E-state index >= 15 is 0 Å². The molecule has 5 nitrogen and oxygen atoms in total. The average molecular weight is 301 g/mol. The van der Waals surface area contributed by atoms with Crippen LogP contribution in [0.1, 0.15) is 34.1 Å². The normalized spacial score (nSPS) is 16.3. The predicted molar refractivity (Wildman–Crippen MR) is 88.5 cm³/mol. The van der Waals surface area contributed by atoms with Crippen molar-refractivity contribution in [1.29, 1.82) is 0 Å². The van der Waals surface area contributed by atoms with E-state index in [2.05, 4.69) is 50.0 Å². The average Bonchev–Trinajstić information content (AvgIpc) is 2.41. The van der Waals surface area contributed by atoms with Gasteiger partial charge in [0, 0.05) is 25.7 Å². The van der Waals surface area contributed by atoms with Crippen LogP contribution in [0.15, 0.2) is 0 Å². The molecule has 0 spiro atoms. The molecule has 0 radical (unpaired) electrons. The van der Waals surface area contributed by atoms with E-state index in [1.54, 1.807) is 0 Å². The van der Waals surface area contributed by atoms with Gasteiger partial charge in [0.2, 0.25) is 0 Å². The van der Waals surface area contributed by atoms with Crippen LogP contribution in [0.3, 0.4) is 0 Å². The number of carbonyl (C=O) groups is 1. The Morgan fingerprint density at radius 1 is 1.24 bits per heavy atom. The molecule has 0 aliphatic heterocycles. The summed E-state index contributed by atoms with van der Waals surface area (Å²) >= 11 is 0. The van der Waals surface area contributed by atoms with Crippen LogP contribution in [0.4, 0.5) is 0 Å². The molecule has 126 valence electrons. The third-order valence-electron chi connectivity index (χ3n) is 3.95. The molecule has 0 aromatic heterocycles. The summed E-state index contributed by atoms with van der Waals surface area (Å²) in [5.41, 5.74) is -0.637. The summed E-state index contributed by atoms with van der Waals surface area (Å²) in [7, 11) is 7.44. The lowest BCUT2D eigenvalue weighted by Crippen LogP contribution is -2.53. The van der Waals surface area contributed by atoms with Gasteiger partial charge in [-0.1, -0.05) is 13.8 Å². The van der Waals surface area contributed by atoms with Crippen molar-refractivity contribution in [3.8, 4) is 0 Å². The number of nitrogens with one attached hydrogen (secondary N) is 1. The zero-order valence-electron chi connectivity index (χ0n) is 15.2. The van der Waals surface area contributed by atoms with Crippen molar-refractivity contribution in [2.45, 2.75) is 45.7 Å². The maximum atomic E-state index is 12.0. The highest BCUT2D eigenvalue weighted by molar-refractivity contribution is 5.80. The van der Waals surface area contributed by atoms with Crippen molar-refractivity contribution >= 4 is 5.97 Å². The van der Waals surface area contributed by atoms with Gasteiger partial charge in [0.15, 0.2) is 0 Å². The molecule has 0 rings (SSSR count). The van der Waals surface area contributed by atoms with Crippen molar-refractivity contribution in [2.24, 2.45) is 5.92 Å².